The number of aromatic nitrogens is 1. The van der Waals surface area contributed by atoms with Crippen molar-refractivity contribution >= 4 is 26.8 Å². The number of nitrogens with two attached hydrogens (primary N) is 1. The molecule has 3 aromatic carbocycles. The predicted octanol–water partition coefficient (Wildman–Crippen LogP) is 5.34. The molecule has 41 heavy (non-hydrogen) atoms. The fourth-order valence-corrected chi connectivity index (χ4v) is 8.16. The van der Waals surface area contributed by atoms with Gasteiger partial charge in [-0.15, -0.1) is 0 Å². The number of aliphatic hydroxyl groups is 1. The van der Waals surface area contributed by atoms with Gasteiger partial charge in [0.15, 0.2) is 0 Å². The Kier molecular flexibility index (Phi) is 7.85. The molecule has 0 aliphatic heterocycles. The number of rotatable bonds is 9. The highest BCUT2D eigenvalue weighted by Gasteiger charge is 2.52. The molecule has 0 unspecified atom stereocenters. The molecule has 1 fully saturated rings. The number of amides is 1. The van der Waals surface area contributed by atoms with Gasteiger partial charge in [-0.05, 0) is 60.4 Å². The predicted molar refractivity (Wildman–Crippen MR) is 163 cm³/mol. The van der Waals surface area contributed by atoms with Gasteiger partial charge in [0.1, 0.15) is 0 Å². The Labute approximate surface area is 242 Å². The third-order valence-corrected chi connectivity index (χ3v) is 10.5. The summed E-state index contributed by atoms with van der Waals surface area (Å²) < 4.78 is 32.0. The molecule has 1 aliphatic carbocycles. The van der Waals surface area contributed by atoms with E-state index < -0.39 is 26.8 Å². The summed E-state index contributed by atoms with van der Waals surface area (Å²) in [6.45, 7) is 3.80. The van der Waals surface area contributed by atoms with Gasteiger partial charge in [0.05, 0.1) is 10.3 Å². The number of carbonyl (C=O) groups is 1. The van der Waals surface area contributed by atoms with Gasteiger partial charge in [0.25, 0.3) is 0 Å². The van der Waals surface area contributed by atoms with Crippen LogP contribution in [0.25, 0.3) is 22.2 Å². The Morgan fingerprint density at radius 1 is 1.02 bits per heavy atom. The van der Waals surface area contributed by atoms with Crippen molar-refractivity contribution in [2.24, 2.45) is 23.6 Å². The minimum Gasteiger partial charge on any atom is -0.396 e. The molecule has 4 N–H and O–H groups in total. The van der Waals surface area contributed by atoms with Gasteiger partial charge in [-0.2, -0.15) is 0 Å². The summed E-state index contributed by atoms with van der Waals surface area (Å²) in [7, 11) is -1.87. The Hall–Kier alpha value is -3.46. The molecular weight excluding hydrogens is 534 g/mol. The van der Waals surface area contributed by atoms with Crippen LogP contribution in [-0.4, -0.2) is 36.6 Å². The third kappa shape index (κ3) is 5.44. The minimum atomic E-state index is -3.81. The fourth-order valence-electron chi connectivity index (χ4n) is 6.83. The van der Waals surface area contributed by atoms with Gasteiger partial charge in [-0.1, -0.05) is 80.6 Å². The first-order valence-corrected chi connectivity index (χ1v) is 15.6. The van der Waals surface area contributed by atoms with Crippen molar-refractivity contribution in [2.75, 3.05) is 6.61 Å². The van der Waals surface area contributed by atoms with E-state index in [1.165, 1.54) is 0 Å². The normalized spacial score (nSPS) is 20.6. The maximum atomic E-state index is 13.5. The van der Waals surface area contributed by atoms with Crippen LogP contribution in [0, 0.1) is 10.8 Å². The van der Waals surface area contributed by atoms with Crippen molar-refractivity contribution in [3.8, 4) is 11.3 Å². The molecule has 0 spiro atoms. The van der Waals surface area contributed by atoms with E-state index in [0.29, 0.717) is 25.7 Å². The monoisotopic (exact) mass is 573 g/mol. The second-order valence-corrected chi connectivity index (χ2v) is 13.8. The van der Waals surface area contributed by atoms with Crippen LogP contribution < -0.4 is 10.5 Å². The number of hydrogen-bond donors (Lipinski definition) is 3. The molecule has 1 saturated carbocycles. The largest absolute Gasteiger partial charge is 0.396 e. The maximum Gasteiger partial charge on any atom is 0.240 e. The van der Waals surface area contributed by atoms with E-state index in [2.05, 4.69) is 10.8 Å². The number of sulfonamides is 1. The molecule has 1 atom stereocenters. The lowest BCUT2D eigenvalue weighted by Gasteiger charge is -2.49. The zero-order valence-electron chi connectivity index (χ0n) is 23.9. The van der Waals surface area contributed by atoms with Crippen LogP contribution >= 0.6 is 0 Å². The van der Waals surface area contributed by atoms with Gasteiger partial charge < -0.3 is 15.4 Å². The summed E-state index contributed by atoms with van der Waals surface area (Å²) in [4.78, 5) is 13.3. The molecule has 1 aliphatic rings. The summed E-state index contributed by atoms with van der Waals surface area (Å²) in [5.74, 6) is -0.715. The van der Waals surface area contributed by atoms with E-state index in [9.17, 15) is 18.3 Å². The Balaban J connectivity index is 1.38. The third-order valence-electron chi connectivity index (χ3n) is 8.96. The number of aliphatic hydroxyl groups excluding tert-OH is 1. The minimum absolute atomic E-state index is 0.106. The van der Waals surface area contributed by atoms with Gasteiger partial charge in [0.2, 0.25) is 15.9 Å². The van der Waals surface area contributed by atoms with Crippen molar-refractivity contribution in [1.29, 1.82) is 0 Å². The summed E-state index contributed by atoms with van der Waals surface area (Å²) in [6, 6.07) is 26.7. The van der Waals surface area contributed by atoms with Gasteiger partial charge in [-0.3, -0.25) is 4.79 Å². The second-order valence-electron chi connectivity index (χ2n) is 12.1. The maximum absolute atomic E-state index is 13.5. The van der Waals surface area contributed by atoms with Gasteiger partial charge >= 0.3 is 0 Å². The van der Waals surface area contributed by atoms with Crippen molar-refractivity contribution in [2.45, 2.75) is 56.4 Å². The highest BCUT2D eigenvalue weighted by atomic mass is 32.2. The standard InChI is InChI=1S/C33H39N3O4S/c1-32(2,22-37)30(24-12-8-5-9-13-24)33(31(34)38)18-16-26(17-19-33)35-41(39,40)27-15-14-25-20-28(36(3)29(25)21-27)23-10-6-4-7-11-23/h4-15,20-21,26,30,35,37H,16-19,22H2,1-3H3,(H2,34,38)/t26?,30-,33?/m0/s1. The number of benzene rings is 3. The number of nitrogens with one attached hydrogen (secondary N) is 1. The van der Waals surface area contributed by atoms with Gasteiger partial charge in [-0.25, -0.2) is 13.1 Å². The SMILES string of the molecule is Cn1c(-c2ccccc2)cc2ccc(S(=O)(=O)NC3CCC(C(N)=O)([C@@H](c4ccccc4)C(C)(C)CO)CC3)cc21. The van der Waals surface area contributed by atoms with Crippen LogP contribution in [0.1, 0.15) is 51.0 Å². The topological polar surface area (TPSA) is 114 Å². The molecule has 8 heteroatoms. The lowest BCUT2D eigenvalue weighted by molar-refractivity contribution is -0.134. The number of carbonyl (C=O) groups excluding carboxylic acids is 1. The van der Waals surface area contributed by atoms with Crippen LogP contribution in [0.3, 0.4) is 0 Å². The summed E-state index contributed by atoms with van der Waals surface area (Å²) in [5.41, 5.74) is 8.46. The quantitative estimate of drug-likeness (QED) is 0.251. The molecule has 5 rings (SSSR count). The molecule has 216 valence electrons. The molecule has 0 bridgehead atoms. The van der Waals surface area contributed by atoms with Crippen LogP contribution in [0.4, 0.5) is 0 Å². The average Bonchev–Trinajstić information content (AvgIpc) is 3.30. The lowest BCUT2D eigenvalue weighted by Crippen LogP contribution is -2.52. The van der Waals surface area contributed by atoms with Crippen molar-refractivity contribution in [3.63, 3.8) is 0 Å². The number of fused-ring (bicyclic) bond motifs is 1. The first-order valence-electron chi connectivity index (χ1n) is 14.1. The van der Waals surface area contributed by atoms with E-state index in [-0.39, 0.29) is 23.5 Å². The summed E-state index contributed by atoms with van der Waals surface area (Å²) >= 11 is 0. The number of primary amides is 1. The van der Waals surface area contributed by atoms with Crippen LogP contribution in [0.15, 0.2) is 89.8 Å². The van der Waals surface area contributed by atoms with Crippen molar-refractivity contribution in [1.82, 2.24) is 9.29 Å². The zero-order chi connectivity index (χ0) is 29.4. The second kappa shape index (κ2) is 11.1. The Bertz CT molecular complexity index is 1640. The zero-order valence-corrected chi connectivity index (χ0v) is 24.7. The first-order chi connectivity index (χ1) is 19.5. The highest BCUT2D eigenvalue weighted by molar-refractivity contribution is 7.89. The van der Waals surface area contributed by atoms with E-state index in [0.717, 1.165) is 27.7 Å². The summed E-state index contributed by atoms with van der Waals surface area (Å²) in [6.07, 6.45) is 1.79. The molecule has 1 amide bonds. The van der Waals surface area contributed by atoms with Crippen molar-refractivity contribution < 1.29 is 18.3 Å². The Morgan fingerprint density at radius 3 is 2.22 bits per heavy atom. The summed E-state index contributed by atoms with van der Waals surface area (Å²) in [5, 5.41) is 11.3. The van der Waals surface area contributed by atoms with Crippen molar-refractivity contribution in [3.05, 3.63) is 90.5 Å². The number of hydrogen-bond acceptors (Lipinski definition) is 4. The fraction of sp³-hybridized carbons (Fsp3) is 0.364. The Morgan fingerprint density at radius 2 is 1.63 bits per heavy atom. The van der Waals surface area contributed by atoms with E-state index >= 15 is 0 Å². The number of nitrogens with zero attached hydrogens (tertiary/aromatic N) is 1. The molecular formula is C33H39N3O4S. The van der Waals surface area contributed by atoms with E-state index in [4.69, 9.17) is 5.73 Å². The molecule has 1 aromatic heterocycles. The van der Waals surface area contributed by atoms with Crippen LogP contribution in [-0.2, 0) is 21.9 Å². The lowest BCUT2D eigenvalue weighted by atomic mass is 9.55. The van der Waals surface area contributed by atoms with Crippen LogP contribution in [0.5, 0.6) is 0 Å². The molecule has 4 aromatic rings. The average molecular weight is 574 g/mol. The molecule has 0 radical (unpaired) electrons. The van der Waals surface area contributed by atoms with E-state index in [1.54, 1.807) is 12.1 Å². The first kappa shape index (κ1) is 29.0. The smallest absolute Gasteiger partial charge is 0.240 e. The van der Waals surface area contributed by atoms with E-state index in [1.807, 2.05) is 92.2 Å². The molecule has 0 saturated heterocycles. The highest BCUT2D eigenvalue weighted by Crippen LogP contribution is 2.54. The molecule has 1 heterocycles. The van der Waals surface area contributed by atoms with Gasteiger partial charge in [0, 0.05) is 42.2 Å². The number of aryl methyl sites for hydroxylation is 1. The van der Waals surface area contributed by atoms with Crippen LogP contribution in [0.2, 0.25) is 0 Å². The molecule has 7 nitrogen and oxygen atoms in total.